The lowest BCUT2D eigenvalue weighted by atomic mass is 10.2. The Morgan fingerprint density at radius 1 is 0.795 bits per heavy atom. The van der Waals surface area contributed by atoms with Gasteiger partial charge in [0.1, 0.15) is 5.70 Å². The molecule has 0 aliphatic heterocycles. The van der Waals surface area contributed by atoms with Gasteiger partial charge < -0.3 is 10.6 Å². The highest BCUT2D eigenvalue weighted by atomic mass is 32.2. The van der Waals surface area contributed by atoms with Gasteiger partial charge in [-0.1, -0.05) is 73.7 Å². The highest BCUT2D eigenvalue weighted by Gasteiger charge is 2.27. The van der Waals surface area contributed by atoms with E-state index in [4.69, 9.17) is 0 Å². The Labute approximate surface area is 265 Å². The van der Waals surface area contributed by atoms with Crippen molar-refractivity contribution < 1.29 is 14.4 Å². The first-order valence-corrected chi connectivity index (χ1v) is 15.9. The van der Waals surface area contributed by atoms with Gasteiger partial charge in [-0.3, -0.25) is 19.3 Å². The average molecular weight is 618 g/mol. The van der Waals surface area contributed by atoms with Gasteiger partial charge in [-0.25, -0.2) is 0 Å². The molecule has 2 N–H and O–H groups in total. The van der Waals surface area contributed by atoms with Crippen molar-refractivity contribution in [2.75, 3.05) is 10.2 Å². The molecule has 0 bridgehead atoms. The number of hydrogen-bond donors (Lipinski definition) is 2. The molecule has 220 valence electrons. The number of carbonyl (C=O) groups excluding carboxylic acids is 3. The summed E-state index contributed by atoms with van der Waals surface area (Å²) < 4.78 is 0. The SMILES string of the molecule is CCC(Sc1cccc(NC(=O)/C(=C\c2cccs2)NC(=O)c2ccccc2)c1)C(=O)N(c1ccccc1)c1ccccc1. The summed E-state index contributed by atoms with van der Waals surface area (Å²) in [4.78, 5) is 43.8. The van der Waals surface area contributed by atoms with Gasteiger partial charge >= 0.3 is 0 Å². The number of para-hydroxylation sites is 2. The standard InChI is InChI=1S/C36H31N3O3S2/c1-2-33(36(42)39(28-17-8-4-9-18-28)29-19-10-5-11-20-29)44-31-21-12-16-27(24-31)37-35(41)32(25-30-22-13-23-43-30)38-34(40)26-14-6-3-7-15-26/h3-25,33H,2H2,1H3,(H,37,41)(H,38,40)/b32-25+. The fraction of sp³-hybridized carbons (Fsp3) is 0.0833. The minimum Gasteiger partial charge on any atom is -0.321 e. The Hall–Kier alpha value is -4.92. The number of amides is 3. The van der Waals surface area contributed by atoms with Crippen molar-refractivity contribution in [2.24, 2.45) is 0 Å². The van der Waals surface area contributed by atoms with Gasteiger partial charge in [0.2, 0.25) is 5.91 Å². The first-order valence-electron chi connectivity index (χ1n) is 14.2. The summed E-state index contributed by atoms with van der Waals surface area (Å²) in [5, 5.41) is 7.22. The number of anilines is 3. The lowest BCUT2D eigenvalue weighted by molar-refractivity contribution is -0.117. The molecule has 1 heterocycles. The molecular weight excluding hydrogens is 587 g/mol. The lowest BCUT2D eigenvalue weighted by Crippen LogP contribution is -2.34. The van der Waals surface area contributed by atoms with Crippen LogP contribution in [0.15, 0.2) is 143 Å². The Morgan fingerprint density at radius 2 is 1.43 bits per heavy atom. The third-order valence-corrected chi connectivity index (χ3v) is 8.79. The zero-order valence-electron chi connectivity index (χ0n) is 24.1. The van der Waals surface area contributed by atoms with Crippen LogP contribution in [0.2, 0.25) is 0 Å². The fourth-order valence-corrected chi connectivity index (χ4v) is 6.19. The molecular formula is C36H31N3O3S2. The van der Waals surface area contributed by atoms with Crippen molar-refractivity contribution in [3.8, 4) is 0 Å². The van der Waals surface area contributed by atoms with Crippen LogP contribution in [-0.4, -0.2) is 23.0 Å². The number of thiophene rings is 1. The molecule has 0 fully saturated rings. The van der Waals surface area contributed by atoms with Crippen LogP contribution in [0.3, 0.4) is 0 Å². The van der Waals surface area contributed by atoms with Crippen molar-refractivity contribution >= 4 is 64.0 Å². The fourth-order valence-electron chi connectivity index (χ4n) is 4.48. The second-order valence-corrected chi connectivity index (χ2v) is 12.0. The second kappa shape index (κ2) is 15.0. The van der Waals surface area contributed by atoms with Gasteiger partial charge in [0.25, 0.3) is 11.8 Å². The highest BCUT2D eigenvalue weighted by molar-refractivity contribution is 8.00. The Kier molecular flexibility index (Phi) is 10.4. The molecule has 5 rings (SSSR count). The number of nitrogens with one attached hydrogen (secondary N) is 2. The second-order valence-electron chi connectivity index (χ2n) is 9.74. The van der Waals surface area contributed by atoms with Crippen molar-refractivity contribution in [1.82, 2.24) is 5.32 Å². The van der Waals surface area contributed by atoms with Gasteiger partial charge in [-0.15, -0.1) is 23.1 Å². The molecule has 0 aliphatic rings. The largest absolute Gasteiger partial charge is 0.321 e. The van der Waals surface area contributed by atoms with Crippen LogP contribution in [-0.2, 0) is 9.59 Å². The van der Waals surface area contributed by atoms with Crippen LogP contribution in [0.4, 0.5) is 17.1 Å². The maximum absolute atomic E-state index is 14.0. The third-order valence-electron chi connectivity index (χ3n) is 6.62. The van der Waals surface area contributed by atoms with Crippen molar-refractivity contribution in [3.63, 3.8) is 0 Å². The Balaban J connectivity index is 1.34. The number of benzene rings is 4. The summed E-state index contributed by atoms with van der Waals surface area (Å²) >= 11 is 2.91. The molecule has 0 radical (unpaired) electrons. The van der Waals surface area contributed by atoms with E-state index in [1.165, 1.54) is 23.1 Å². The molecule has 6 nitrogen and oxygen atoms in total. The number of hydrogen-bond acceptors (Lipinski definition) is 5. The molecule has 0 saturated carbocycles. The summed E-state index contributed by atoms with van der Waals surface area (Å²) in [7, 11) is 0. The van der Waals surface area contributed by atoms with Crippen LogP contribution < -0.4 is 15.5 Å². The molecule has 1 atom stereocenters. The maximum atomic E-state index is 14.0. The van der Waals surface area contributed by atoms with E-state index < -0.39 is 5.91 Å². The molecule has 44 heavy (non-hydrogen) atoms. The molecule has 1 unspecified atom stereocenters. The van der Waals surface area contributed by atoms with Gasteiger partial charge in [-0.2, -0.15) is 0 Å². The van der Waals surface area contributed by atoms with Gasteiger partial charge in [0.15, 0.2) is 0 Å². The molecule has 0 saturated heterocycles. The van der Waals surface area contributed by atoms with Crippen LogP contribution in [0.1, 0.15) is 28.6 Å². The zero-order valence-corrected chi connectivity index (χ0v) is 25.7. The van der Waals surface area contributed by atoms with Gasteiger partial charge in [-0.05, 0) is 78.5 Å². The van der Waals surface area contributed by atoms with Gasteiger partial charge in [0.05, 0.1) is 5.25 Å². The van der Waals surface area contributed by atoms with Crippen LogP contribution in [0.5, 0.6) is 0 Å². The van der Waals surface area contributed by atoms with Crippen molar-refractivity contribution in [1.29, 1.82) is 0 Å². The van der Waals surface area contributed by atoms with Crippen LogP contribution >= 0.6 is 23.1 Å². The first-order chi connectivity index (χ1) is 21.5. The predicted octanol–water partition coefficient (Wildman–Crippen LogP) is 8.39. The topological polar surface area (TPSA) is 78.5 Å². The van der Waals surface area contributed by atoms with E-state index in [0.717, 1.165) is 21.1 Å². The van der Waals surface area contributed by atoms with Crippen molar-refractivity contribution in [2.45, 2.75) is 23.5 Å². The highest BCUT2D eigenvalue weighted by Crippen LogP contribution is 2.33. The van der Waals surface area contributed by atoms with E-state index in [1.54, 1.807) is 41.3 Å². The molecule has 0 aliphatic carbocycles. The Bertz CT molecular complexity index is 1690. The molecule has 4 aromatic carbocycles. The summed E-state index contributed by atoms with van der Waals surface area (Å²) in [5.74, 6) is -0.861. The van der Waals surface area contributed by atoms with Crippen molar-refractivity contribution in [3.05, 3.63) is 149 Å². The molecule has 0 spiro atoms. The summed E-state index contributed by atoms with van der Waals surface area (Å²) in [5.41, 5.74) is 2.72. The van der Waals surface area contributed by atoms with E-state index in [1.807, 2.05) is 109 Å². The normalized spacial score (nSPS) is 11.8. The van der Waals surface area contributed by atoms with Gasteiger partial charge in [0, 0.05) is 32.4 Å². The third kappa shape index (κ3) is 7.92. The molecule has 3 amide bonds. The molecule has 5 aromatic rings. The van der Waals surface area contributed by atoms with Crippen LogP contribution in [0, 0.1) is 0 Å². The lowest BCUT2D eigenvalue weighted by Gasteiger charge is -2.27. The molecule has 1 aromatic heterocycles. The number of rotatable bonds is 11. The zero-order chi connectivity index (χ0) is 30.7. The number of thioether (sulfide) groups is 1. The average Bonchev–Trinajstić information content (AvgIpc) is 3.58. The van der Waals surface area contributed by atoms with E-state index in [9.17, 15) is 14.4 Å². The van der Waals surface area contributed by atoms with Crippen LogP contribution in [0.25, 0.3) is 6.08 Å². The van der Waals surface area contributed by atoms with E-state index in [-0.39, 0.29) is 22.8 Å². The number of carbonyl (C=O) groups is 3. The minimum absolute atomic E-state index is 0.0332. The monoisotopic (exact) mass is 617 g/mol. The molecule has 8 heteroatoms. The summed E-state index contributed by atoms with van der Waals surface area (Å²) in [6.45, 7) is 1.99. The summed E-state index contributed by atoms with van der Waals surface area (Å²) in [6, 6.07) is 39.1. The number of nitrogens with zero attached hydrogens (tertiary/aromatic N) is 1. The van der Waals surface area contributed by atoms with E-state index >= 15 is 0 Å². The minimum atomic E-state index is -0.452. The maximum Gasteiger partial charge on any atom is 0.272 e. The summed E-state index contributed by atoms with van der Waals surface area (Å²) in [6.07, 6.45) is 2.27. The Morgan fingerprint density at radius 3 is 2.02 bits per heavy atom. The predicted molar refractivity (Wildman–Crippen MR) is 181 cm³/mol. The quantitative estimate of drug-likeness (QED) is 0.115. The first kappa shape index (κ1) is 30.5. The van der Waals surface area contributed by atoms with E-state index in [0.29, 0.717) is 17.7 Å². The van der Waals surface area contributed by atoms with E-state index in [2.05, 4.69) is 10.6 Å². The smallest absolute Gasteiger partial charge is 0.272 e.